The SMILES string of the molecule is C1=CCC2CCC(C(CCCO[Si](c3ccccc3)(c3ccccc3)c3ccccc3)(CO[Si](c3ccccc3)(c3ccccc3)c3ccccc3)C3CCC4CC=CC=C43)C2=C1. The predicted octanol–water partition coefficient (Wildman–Crippen LogP) is 9.95. The van der Waals surface area contributed by atoms with Crippen molar-refractivity contribution in [1.29, 1.82) is 0 Å². The first-order valence-electron chi connectivity index (χ1n) is 23.6. The molecule has 6 aromatic carbocycles. The number of benzene rings is 6. The monoisotopic (exact) mass is 856 g/mol. The van der Waals surface area contributed by atoms with Gasteiger partial charge in [-0.3, -0.25) is 0 Å². The number of hydrogen-bond acceptors (Lipinski definition) is 2. The van der Waals surface area contributed by atoms with Gasteiger partial charge in [-0.2, -0.15) is 0 Å². The fraction of sp³-hybridized carbons (Fsp3) is 0.254. The minimum Gasteiger partial charge on any atom is -0.404 e. The third-order valence-electron chi connectivity index (χ3n) is 15.2. The van der Waals surface area contributed by atoms with E-state index >= 15 is 0 Å². The van der Waals surface area contributed by atoms with Crippen molar-refractivity contribution in [2.75, 3.05) is 13.2 Å². The Hall–Kier alpha value is -5.37. The summed E-state index contributed by atoms with van der Waals surface area (Å²) in [6.07, 6.45) is 23.8. The fourth-order valence-corrected chi connectivity index (χ4v) is 20.2. The molecule has 316 valence electrons. The zero-order chi connectivity index (χ0) is 42.4. The summed E-state index contributed by atoms with van der Waals surface area (Å²) in [5.74, 6) is 2.08. The van der Waals surface area contributed by atoms with Crippen molar-refractivity contribution in [1.82, 2.24) is 0 Å². The third-order valence-corrected chi connectivity index (χ3v) is 23.3. The smallest absolute Gasteiger partial charge is 0.288 e. The summed E-state index contributed by atoms with van der Waals surface area (Å²) < 4.78 is 16.0. The Balaban J connectivity index is 1.10. The molecule has 0 spiro atoms. The molecule has 0 bridgehead atoms. The lowest BCUT2D eigenvalue weighted by Crippen LogP contribution is -2.70. The van der Waals surface area contributed by atoms with Crippen LogP contribution in [0.3, 0.4) is 0 Å². The van der Waals surface area contributed by atoms with Crippen LogP contribution in [0.25, 0.3) is 0 Å². The summed E-state index contributed by atoms with van der Waals surface area (Å²) in [5, 5.41) is 7.78. The molecule has 0 aromatic heterocycles. The fourth-order valence-electron chi connectivity index (χ4n) is 12.3. The van der Waals surface area contributed by atoms with Crippen LogP contribution in [0.2, 0.25) is 0 Å². The van der Waals surface area contributed by atoms with Gasteiger partial charge in [0, 0.05) is 18.6 Å². The maximum Gasteiger partial charge on any atom is 0.288 e. The highest BCUT2D eigenvalue weighted by atomic mass is 28.4. The molecule has 0 radical (unpaired) electrons. The molecule has 4 aliphatic carbocycles. The van der Waals surface area contributed by atoms with Crippen molar-refractivity contribution < 1.29 is 8.85 Å². The normalized spacial score (nSPS) is 21.5. The van der Waals surface area contributed by atoms with Crippen LogP contribution in [0.1, 0.15) is 51.4 Å². The van der Waals surface area contributed by atoms with Crippen LogP contribution in [0.15, 0.2) is 230 Å². The molecule has 6 aromatic rings. The van der Waals surface area contributed by atoms with E-state index in [0.29, 0.717) is 36.9 Å². The number of fused-ring (bicyclic) bond motifs is 2. The van der Waals surface area contributed by atoms with E-state index in [0.717, 1.165) is 25.7 Å². The van der Waals surface area contributed by atoms with E-state index < -0.39 is 16.6 Å². The van der Waals surface area contributed by atoms with E-state index in [2.05, 4.69) is 218 Å². The van der Waals surface area contributed by atoms with Gasteiger partial charge in [0.05, 0.1) is 0 Å². The molecule has 2 saturated carbocycles. The van der Waals surface area contributed by atoms with E-state index in [4.69, 9.17) is 8.85 Å². The molecular formula is C59H60O2Si2. The molecule has 4 aliphatic rings. The summed E-state index contributed by atoms with van der Waals surface area (Å²) in [6, 6.07) is 67.0. The average Bonchev–Trinajstić information content (AvgIpc) is 4.02. The van der Waals surface area contributed by atoms with Crippen LogP contribution < -0.4 is 31.1 Å². The molecule has 0 heterocycles. The zero-order valence-corrected chi connectivity index (χ0v) is 38.5. The minimum atomic E-state index is -3.02. The summed E-state index contributed by atoms with van der Waals surface area (Å²) >= 11 is 0. The van der Waals surface area contributed by atoms with Gasteiger partial charge >= 0.3 is 0 Å². The lowest BCUT2D eigenvalue weighted by molar-refractivity contribution is 0.0296. The largest absolute Gasteiger partial charge is 0.404 e. The van der Waals surface area contributed by atoms with Gasteiger partial charge in [-0.15, -0.1) is 0 Å². The molecule has 63 heavy (non-hydrogen) atoms. The second-order valence-corrected chi connectivity index (χ2v) is 25.1. The highest BCUT2D eigenvalue weighted by molar-refractivity contribution is 7.07. The van der Waals surface area contributed by atoms with Gasteiger partial charge in [-0.1, -0.05) is 230 Å². The van der Waals surface area contributed by atoms with Crippen LogP contribution in [0.4, 0.5) is 0 Å². The van der Waals surface area contributed by atoms with E-state index in [1.54, 1.807) is 11.1 Å². The third kappa shape index (κ3) is 7.86. The van der Waals surface area contributed by atoms with Crippen molar-refractivity contribution in [2.45, 2.75) is 51.4 Å². The van der Waals surface area contributed by atoms with Crippen molar-refractivity contribution in [3.63, 3.8) is 0 Å². The van der Waals surface area contributed by atoms with Crippen LogP contribution in [-0.4, -0.2) is 29.8 Å². The Bertz CT molecular complexity index is 2290. The Morgan fingerprint density at radius 3 is 1.10 bits per heavy atom. The second kappa shape index (κ2) is 18.8. The lowest BCUT2D eigenvalue weighted by Gasteiger charge is -2.49. The number of allylic oxidation sites excluding steroid dienone is 8. The van der Waals surface area contributed by atoms with E-state index in [1.807, 2.05) is 0 Å². The summed E-state index contributed by atoms with van der Waals surface area (Å²) in [6.45, 7) is 1.38. The Morgan fingerprint density at radius 2 is 0.746 bits per heavy atom. The van der Waals surface area contributed by atoms with Gasteiger partial charge in [0.15, 0.2) is 0 Å². The first-order valence-corrected chi connectivity index (χ1v) is 27.4. The quantitative estimate of drug-likeness (QED) is 0.0549. The molecule has 0 amide bonds. The van der Waals surface area contributed by atoms with Gasteiger partial charge in [0.2, 0.25) is 0 Å². The van der Waals surface area contributed by atoms with Crippen LogP contribution in [0, 0.1) is 29.1 Å². The minimum absolute atomic E-state index is 0.131. The molecular weight excluding hydrogens is 797 g/mol. The topological polar surface area (TPSA) is 18.5 Å². The molecule has 0 saturated heterocycles. The van der Waals surface area contributed by atoms with Gasteiger partial charge in [0.1, 0.15) is 0 Å². The molecule has 0 aliphatic heterocycles. The Kier molecular flexibility index (Phi) is 12.4. The number of hydrogen-bond donors (Lipinski definition) is 0. The van der Waals surface area contributed by atoms with E-state index in [9.17, 15) is 0 Å². The Morgan fingerprint density at radius 1 is 0.413 bits per heavy atom. The summed E-state index contributed by atoms with van der Waals surface area (Å²) in [5.41, 5.74) is 3.21. The standard InChI is InChI=1S/C59H60O2Si2/c1-7-26-49(27-8-1)62(50-28-9-2-10-29-50,51-30-11-3-12-31-51)60-45-23-44-59(57-42-40-47-24-19-21-38-55(47)57,58-43-41-48-25-20-22-39-56(48)58)46-61-63(52-32-13-4-14-33-52,53-34-15-5-16-35-53)54-36-17-6-18-37-54/h1-22,26-39,47-48,57-58H,23-25,40-46H2. The second-order valence-electron chi connectivity index (χ2n) is 18.3. The molecule has 10 rings (SSSR count). The molecule has 0 N–H and O–H groups in total. The maximum absolute atomic E-state index is 8.26. The maximum atomic E-state index is 8.26. The van der Waals surface area contributed by atoms with Crippen LogP contribution >= 0.6 is 0 Å². The highest BCUT2D eigenvalue weighted by Gasteiger charge is 2.55. The van der Waals surface area contributed by atoms with E-state index in [1.165, 1.54) is 56.8 Å². The van der Waals surface area contributed by atoms with Crippen molar-refractivity contribution >= 4 is 47.8 Å². The summed E-state index contributed by atoms with van der Waals surface area (Å²) in [7, 11) is -5.91. The molecule has 4 atom stereocenters. The van der Waals surface area contributed by atoms with Gasteiger partial charge in [-0.25, -0.2) is 0 Å². The molecule has 2 nitrogen and oxygen atoms in total. The van der Waals surface area contributed by atoms with E-state index in [-0.39, 0.29) is 5.41 Å². The molecule has 2 fully saturated rings. The van der Waals surface area contributed by atoms with Crippen molar-refractivity contribution in [2.24, 2.45) is 29.1 Å². The highest BCUT2D eigenvalue weighted by Crippen LogP contribution is 2.60. The first kappa shape index (κ1) is 41.6. The lowest BCUT2D eigenvalue weighted by atomic mass is 9.60. The van der Waals surface area contributed by atoms with Gasteiger partial charge in [0.25, 0.3) is 16.6 Å². The van der Waals surface area contributed by atoms with Gasteiger partial charge in [-0.05, 0) is 106 Å². The predicted molar refractivity (Wildman–Crippen MR) is 268 cm³/mol. The Labute approximate surface area is 378 Å². The van der Waals surface area contributed by atoms with Crippen LogP contribution in [0.5, 0.6) is 0 Å². The average molecular weight is 857 g/mol. The zero-order valence-electron chi connectivity index (χ0n) is 36.5. The van der Waals surface area contributed by atoms with Crippen LogP contribution in [-0.2, 0) is 8.85 Å². The molecule has 4 unspecified atom stereocenters. The van der Waals surface area contributed by atoms with Crippen molar-refractivity contribution in [3.05, 3.63) is 230 Å². The molecule has 4 heteroatoms. The summed E-state index contributed by atoms with van der Waals surface area (Å²) in [4.78, 5) is 0. The first-order chi connectivity index (χ1) is 31.2. The van der Waals surface area contributed by atoms with Gasteiger partial charge < -0.3 is 8.85 Å². The van der Waals surface area contributed by atoms with Crippen molar-refractivity contribution in [3.8, 4) is 0 Å². The number of rotatable bonds is 16.